The number of ether oxygens (including phenoxy) is 1. The van der Waals surface area contributed by atoms with Crippen molar-refractivity contribution in [3.8, 4) is 5.75 Å². The van der Waals surface area contributed by atoms with Gasteiger partial charge in [0.1, 0.15) is 12.4 Å². The third-order valence-electron chi connectivity index (χ3n) is 2.42. The smallest absolute Gasteiger partial charge is 0.200 e. The summed E-state index contributed by atoms with van der Waals surface area (Å²) in [5.74, 6) is -3.00. The molecule has 0 unspecified atom stereocenters. The van der Waals surface area contributed by atoms with Gasteiger partial charge in [-0.25, -0.2) is 8.78 Å². The summed E-state index contributed by atoms with van der Waals surface area (Å²) in [7, 11) is 0. The van der Waals surface area contributed by atoms with E-state index in [2.05, 4.69) is 15.9 Å². The van der Waals surface area contributed by atoms with Crippen LogP contribution in [0.5, 0.6) is 5.75 Å². The predicted molar refractivity (Wildman–Crippen MR) is 69.2 cm³/mol. The molecule has 0 radical (unpaired) electrons. The average Bonchev–Trinajstić information content (AvgIpc) is 2.33. The van der Waals surface area contributed by atoms with Crippen molar-refractivity contribution in [1.82, 2.24) is 0 Å². The molecule has 0 bridgehead atoms. The van der Waals surface area contributed by atoms with Crippen LogP contribution in [0.1, 0.15) is 5.56 Å². The highest BCUT2D eigenvalue weighted by Gasteiger charge is 2.12. The molecule has 0 aliphatic heterocycles. The molecular weight excluding hydrogens is 323 g/mol. The number of benzene rings is 2. The quantitative estimate of drug-likeness (QED) is 0.680. The monoisotopic (exact) mass is 331 g/mol. The van der Waals surface area contributed by atoms with Crippen molar-refractivity contribution in [2.45, 2.75) is 6.61 Å². The molecular formula is C13H9BrF3NO. The highest BCUT2D eigenvalue weighted by Crippen LogP contribution is 2.26. The number of anilines is 1. The molecule has 0 spiro atoms. The topological polar surface area (TPSA) is 35.2 Å². The van der Waals surface area contributed by atoms with E-state index in [0.29, 0.717) is 4.47 Å². The molecule has 19 heavy (non-hydrogen) atoms. The second-order valence-corrected chi connectivity index (χ2v) is 4.75. The highest BCUT2D eigenvalue weighted by molar-refractivity contribution is 9.10. The zero-order valence-electron chi connectivity index (χ0n) is 9.59. The first-order valence-corrected chi connectivity index (χ1v) is 6.08. The van der Waals surface area contributed by atoms with Gasteiger partial charge in [0.2, 0.25) is 5.82 Å². The minimum Gasteiger partial charge on any atom is -0.486 e. The van der Waals surface area contributed by atoms with Gasteiger partial charge >= 0.3 is 0 Å². The minimum atomic E-state index is -1.11. The van der Waals surface area contributed by atoms with E-state index >= 15 is 0 Å². The van der Waals surface area contributed by atoms with Crippen LogP contribution in [-0.2, 0) is 6.61 Å². The first kappa shape index (κ1) is 13.7. The standard InChI is InChI=1S/C13H9BrF3NO/c14-8-3-11(16)13(17)12(4-8)19-6-7-1-2-9(18)5-10(7)15/h1-5H,6,18H2. The molecule has 2 aromatic carbocycles. The van der Waals surface area contributed by atoms with Gasteiger partial charge < -0.3 is 10.5 Å². The summed E-state index contributed by atoms with van der Waals surface area (Å²) in [5.41, 5.74) is 5.88. The zero-order valence-corrected chi connectivity index (χ0v) is 11.2. The van der Waals surface area contributed by atoms with E-state index in [1.54, 1.807) is 0 Å². The molecule has 0 saturated heterocycles. The molecule has 0 saturated carbocycles. The third kappa shape index (κ3) is 3.20. The molecule has 2 rings (SSSR count). The van der Waals surface area contributed by atoms with Crippen molar-refractivity contribution >= 4 is 21.6 Å². The van der Waals surface area contributed by atoms with Crippen molar-refractivity contribution in [1.29, 1.82) is 0 Å². The summed E-state index contributed by atoms with van der Waals surface area (Å²) < 4.78 is 45.4. The lowest BCUT2D eigenvalue weighted by Gasteiger charge is -2.09. The minimum absolute atomic E-state index is 0.203. The van der Waals surface area contributed by atoms with Crippen LogP contribution in [0.15, 0.2) is 34.8 Å². The Balaban J connectivity index is 2.19. The molecule has 100 valence electrons. The van der Waals surface area contributed by atoms with Crippen LogP contribution in [0.25, 0.3) is 0 Å². The first-order valence-electron chi connectivity index (χ1n) is 5.28. The lowest BCUT2D eigenvalue weighted by atomic mass is 10.2. The predicted octanol–water partition coefficient (Wildman–Crippen LogP) is 4.03. The molecule has 0 aliphatic rings. The summed E-state index contributed by atoms with van der Waals surface area (Å²) in [6, 6.07) is 6.31. The number of nitrogens with two attached hydrogens (primary N) is 1. The maximum Gasteiger partial charge on any atom is 0.200 e. The number of hydrogen-bond donors (Lipinski definition) is 1. The maximum absolute atomic E-state index is 13.5. The summed E-state index contributed by atoms with van der Waals surface area (Å²) in [4.78, 5) is 0. The first-order chi connectivity index (χ1) is 8.97. The second kappa shape index (κ2) is 5.52. The highest BCUT2D eigenvalue weighted by atomic mass is 79.9. The van der Waals surface area contributed by atoms with Crippen LogP contribution >= 0.6 is 15.9 Å². The molecule has 0 heterocycles. The molecule has 0 aromatic heterocycles. The van der Waals surface area contributed by atoms with Crippen LogP contribution in [0.2, 0.25) is 0 Å². The van der Waals surface area contributed by atoms with Gasteiger partial charge in [-0.15, -0.1) is 0 Å². The van der Waals surface area contributed by atoms with Crippen molar-refractivity contribution in [3.63, 3.8) is 0 Å². The van der Waals surface area contributed by atoms with Crippen LogP contribution in [-0.4, -0.2) is 0 Å². The second-order valence-electron chi connectivity index (χ2n) is 3.84. The third-order valence-corrected chi connectivity index (χ3v) is 2.88. The Kier molecular flexibility index (Phi) is 3.99. The van der Waals surface area contributed by atoms with Gasteiger partial charge in [0.15, 0.2) is 11.6 Å². The summed E-state index contributed by atoms with van der Waals surface area (Å²) in [6.07, 6.45) is 0. The number of hydrogen-bond acceptors (Lipinski definition) is 2. The average molecular weight is 332 g/mol. The largest absolute Gasteiger partial charge is 0.486 e. The van der Waals surface area contributed by atoms with Gasteiger partial charge in [0.25, 0.3) is 0 Å². The van der Waals surface area contributed by atoms with E-state index in [9.17, 15) is 13.2 Å². The number of halogens is 4. The van der Waals surface area contributed by atoms with Crippen molar-refractivity contribution in [2.75, 3.05) is 5.73 Å². The molecule has 0 fully saturated rings. The Labute approximate surface area is 116 Å². The molecule has 0 amide bonds. The Morgan fingerprint density at radius 1 is 1.05 bits per heavy atom. The molecule has 0 atom stereocenters. The maximum atomic E-state index is 13.5. The Morgan fingerprint density at radius 3 is 2.47 bits per heavy atom. The summed E-state index contributed by atoms with van der Waals surface area (Å²) in [5, 5.41) is 0. The Bertz CT molecular complexity index is 619. The van der Waals surface area contributed by atoms with E-state index in [4.69, 9.17) is 10.5 Å². The van der Waals surface area contributed by atoms with Crippen LogP contribution in [0.4, 0.5) is 18.9 Å². The molecule has 2 aromatic rings. The Hall–Kier alpha value is -1.69. The number of rotatable bonds is 3. The SMILES string of the molecule is Nc1ccc(COc2cc(Br)cc(F)c2F)c(F)c1. The fourth-order valence-corrected chi connectivity index (χ4v) is 1.88. The number of nitrogen functional groups attached to an aromatic ring is 1. The van der Waals surface area contributed by atoms with E-state index in [1.807, 2.05) is 0 Å². The van der Waals surface area contributed by atoms with Crippen molar-refractivity contribution < 1.29 is 17.9 Å². The van der Waals surface area contributed by atoms with Crippen LogP contribution < -0.4 is 10.5 Å². The fourth-order valence-electron chi connectivity index (χ4n) is 1.47. The Morgan fingerprint density at radius 2 is 1.79 bits per heavy atom. The van der Waals surface area contributed by atoms with E-state index in [0.717, 1.165) is 12.1 Å². The fraction of sp³-hybridized carbons (Fsp3) is 0.0769. The van der Waals surface area contributed by atoms with Gasteiger partial charge in [0.05, 0.1) is 0 Å². The lowest BCUT2D eigenvalue weighted by Crippen LogP contribution is -2.02. The zero-order chi connectivity index (χ0) is 14.0. The van der Waals surface area contributed by atoms with Gasteiger partial charge in [-0.3, -0.25) is 0 Å². The van der Waals surface area contributed by atoms with Crippen molar-refractivity contribution in [2.24, 2.45) is 0 Å². The molecule has 6 heteroatoms. The van der Waals surface area contributed by atoms with E-state index in [1.165, 1.54) is 18.2 Å². The van der Waals surface area contributed by atoms with Crippen LogP contribution in [0.3, 0.4) is 0 Å². The van der Waals surface area contributed by atoms with Gasteiger partial charge in [-0.05, 0) is 24.3 Å². The molecule has 0 aliphatic carbocycles. The van der Waals surface area contributed by atoms with E-state index < -0.39 is 17.5 Å². The van der Waals surface area contributed by atoms with E-state index in [-0.39, 0.29) is 23.6 Å². The lowest BCUT2D eigenvalue weighted by molar-refractivity contribution is 0.279. The summed E-state index contributed by atoms with van der Waals surface area (Å²) >= 11 is 3.02. The normalized spacial score (nSPS) is 10.5. The molecule has 2 N–H and O–H groups in total. The summed E-state index contributed by atoms with van der Waals surface area (Å²) in [6.45, 7) is -0.223. The van der Waals surface area contributed by atoms with Gasteiger partial charge in [-0.1, -0.05) is 22.0 Å². The van der Waals surface area contributed by atoms with Gasteiger partial charge in [-0.2, -0.15) is 4.39 Å². The van der Waals surface area contributed by atoms with Crippen molar-refractivity contribution in [3.05, 3.63) is 57.8 Å². The van der Waals surface area contributed by atoms with Gasteiger partial charge in [0, 0.05) is 15.7 Å². The van der Waals surface area contributed by atoms with Crippen LogP contribution in [0, 0.1) is 17.5 Å². The molecule has 2 nitrogen and oxygen atoms in total.